The van der Waals surface area contributed by atoms with Gasteiger partial charge in [0, 0.05) is 34.9 Å². The summed E-state index contributed by atoms with van der Waals surface area (Å²) in [6, 6.07) is 12.3. The molecule has 0 aliphatic heterocycles. The van der Waals surface area contributed by atoms with Crippen LogP contribution in [0.3, 0.4) is 0 Å². The van der Waals surface area contributed by atoms with Crippen LogP contribution in [0.1, 0.15) is 0 Å². The average molecular weight is 245 g/mol. The summed E-state index contributed by atoms with van der Waals surface area (Å²) in [5.74, 6) is 0. The van der Waals surface area contributed by atoms with Gasteiger partial charge in [0.1, 0.15) is 0 Å². The van der Waals surface area contributed by atoms with E-state index >= 15 is 0 Å². The van der Waals surface area contributed by atoms with E-state index in [-0.39, 0.29) is 0 Å². The maximum absolute atomic E-state index is 4.41. The van der Waals surface area contributed by atoms with Gasteiger partial charge in [-0.3, -0.25) is 9.97 Å². The summed E-state index contributed by atoms with van der Waals surface area (Å²) in [6.07, 6.45) is 7.57. The van der Waals surface area contributed by atoms with Crippen molar-refractivity contribution in [3.05, 3.63) is 61.2 Å². The molecule has 0 saturated heterocycles. The molecule has 3 aromatic heterocycles. The molecular weight excluding hydrogens is 234 g/mol. The Morgan fingerprint density at radius 3 is 2.79 bits per heavy atom. The summed E-state index contributed by atoms with van der Waals surface area (Å²) < 4.78 is 0. The Morgan fingerprint density at radius 2 is 1.79 bits per heavy atom. The molecule has 0 unspecified atom stereocenters. The molecule has 90 valence electrons. The Hall–Kier alpha value is -2.68. The molecule has 3 heterocycles. The molecule has 1 N–H and O–H groups in total. The molecule has 19 heavy (non-hydrogen) atoms. The number of nitrogens with one attached hydrogen (secondary N) is 1. The zero-order chi connectivity index (χ0) is 12.7. The molecule has 0 amide bonds. The minimum absolute atomic E-state index is 1.02. The Labute approximate surface area is 110 Å². The number of fused-ring (bicyclic) bond motifs is 2. The Kier molecular flexibility index (Phi) is 2.12. The zero-order valence-corrected chi connectivity index (χ0v) is 10.2. The van der Waals surface area contributed by atoms with E-state index < -0.39 is 0 Å². The number of hydrogen-bond donors (Lipinski definition) is 1. The first-order valence-corrected chi connectivity index (χ1v) is 6.19. The third kappa shape index (κ3) is 1.52. The van der Waals surface area contributed by atoms with E-state index in [4.69, 9.17) is 0 Å². The van der Waals surface area contributed by atoms with Gasteiger partial charge in [-0.05, 0) is 23.8 Å². The molecule has 1 aromatic carbocycles. The van der Waals surface area contributed by atoms with Crippen LogP contribution in [-0.4, -0.2) is 15.0 Å². The molecule has 4 rings (SSSR count). The van der Waals surface area contributed by atoms with E-state index in [9.17, 15) is 0 Å². The number of aromatic nitrogens is 3. The monoisotopic (exact) mass is 245 g/mol. The summed E-state index contributed by atoms with van der Waals surface area (Å²) in [6.45, 7) is 0. The van der Waals surface area contributed by atoms with Crippen molar-refractivity contribution in [3.8, 4) is 11.1 Å². The highest BCUT2D eigenvalue weighted by Crippen LogP contribution is 2.32. The lowest BCUT2D eigenvalue weighted by molar-refractivity contribution is 1.34. The van der Waals surface area contributed by atoms with Gasteiger partial charge in [-0.2, -0.15) is 0 Å². The standard InChI is InChI=1S/C16H11N3/c1-2-4-15-12(3-1)11(6-8-18-15)14-9-19-16-10-17-7-5-13(14)16/h1-10,19H. The van der Waals surface area contributed by atoms with Gasteiger partial charge in [-0.1, -0.05) is 18.2 Å². The van der Waals surface area contributed by atoms with Crippen molar-refractivity contribution in [2.45, 2.75) is 0 Å². The molecule has 0 saturated carbocycles. The normalized spacial score (nSPS) is 11.2. The Bertz CT molecular complexity index is 872. The second-order valence-electron chi connectivity index (χ2n) is 4.50. The topological polar surface area (TPSA) is 41.6 Å². The van der Waals surface area contributed by atoms with Gasteiger partial charge in [0.2, 0.25) is 0 Å². The number of para-hydroxylation sites is 1. The van der Waals surface area contributed by atoms with Crippen LogP contribution < -0.4 is 0 Å². The van der Waals surface area contributed by atoms with E-state index in [1.807, 2.05) is 49.1 Å². The van der Waals surface area contributed by atoms with Crippen LogP contribution in [0.15, 0.2) is 61.2 Å². The molecule has 4 aromatic rings. The fourth-order valence-electron chi connectivity index (χ4n) is 2.53. The number of aromatic amines is 1. The van der Waals surface area contributed by atoms with Gasteiger partial charge in [0.25, 0.3) is 0 Å². The van der Waals surface area contributed by atoms with Crippen LogP contribution in [0.2, 0.25) is 0 Å². The van der Waals surface area contributed by atoms with Crippen molar-refractivity contribution in [1.82, 2.24) is 15.0 Å². The summed E-state index contributed by atoms with van der Waals surface area (Å²) in [4.78, 5) is 11.8. The van der Waals surface area contributed by atoms with Gasteiger partial charge in [-0.25, -0.2) is 0 Å². The molecule has 0 aliphatic carbocycles. The first-order chi connectivity index (χ1) is 9.43. The zero-order valence-electron chi connectivity index (χ0n) is 10.2. The van der Waals surface area contributed by atoms with Crippen molar-refractivity contribution in [3.63, 3.8) is 0 Å². The maximum Gasteiger partial charge on any atom is 0.0708 e. The Balaban J connectivity index is 2.10. The number of hydrogen-bond acceptors (Lipinski definition) is 2. The van der Waals surface area contributed by atoms with Crippen LogP contribution in [-0.2, 0) is 0 Å². The molecule has 0 radical (unpaired) electrons. The number of pyridine rings is 2. The van der Waals surface area contributed by atoms with Crippen LogP contribution in [0, 0.1) is 0 Å². The van der Waals surface area contributed by atoms with E-state index in [2.05, 4.69) is 27.1 Å². The van der Waals surface area contributed by atoms with Gasteiger partial charge >= 0.3 is 0 Å². The van der Waals surface area contributed by atoms with E-state index in [0.29, 0.717) is 0 Å². The fourth-order valence-corrected chi connectivity index (χ4v) is 2.53. The van der Waals surface area contributed by atoms with E-state index in [1.54, 1.807) is 0 Å². The van der Waals surface area contributed by atoms with Crippen LogP contribution in [0.4, 0.5) is 0 Å². The van der Waals surface area contributed by atoms with E-state index in [0.717, 1.165) is 11.0 Å². The van der Waals surface area contributed by atoms with Gasteiger partial charge in [0.05, 0.1) is 17.2 Å². The second-order valence-corrected chi connectivity index (χ2v) is 4.50. The van der Waals surface area contributed by atoms with Crippen LogP contribution >= 0.6 is 0 Å². The SMILES string of the molecule is c1ccc2c(-c3c[nH]c4cnccc34)ccnc2c1. The smallest absolute Gasteiger partial charge is 0.0708 e. The molecule has 0 fully saturated rings. The third-order valence-electron chi connectivity index (χ3n) is 3.42. The van der Waals surface area contributed by atoms with E-state index in [1.165, 1.54) is 21.9 Å². The molecular formula is C16H11N3. The summed E-state index contributed by atoms with van der Waals surface area (Å²) >= 11 is 0. The van der Waals surface area contributed by atoms with Crippen molar-refractivity contribution >= 4 is 21.8 Å². The van der Waals surface area contributed by atoms with Crippen molar-refractivity contribution < 1.29 is 0 Å². The first-order valence-electron chi connectivity index (χ1n) is 6.19. The molecule has 0 atom stereocenters. The molecule has 3 heteroatoms. The van der Waals surface area contributed by atoms with Gasteiger partial charge in [-0.15, -0.1) is 0 Å². The van der Waals surface area contributed by atoms with Crippen molar-refractivity contribution in [1.29, 1.82) is 0 Å². The quantitative estimate of drug-likeness (QED) is 0.554. The minimum atomic E-state index is 1.02. The third-order valence-corrected chi connectivity index (χ3v) is 3.42. The molecule has 0 bridgehead atoms. The predicted molar refractivity (Wildman–Crippen MR) is 76.8 cm³/mol. The van der Waals surface area contributed by atoms with Crippen LogP contribution in [0.5, 0.6) is 0 Å². The number of nitrogens with zero attached hydrogens (tertiary/aromatic N) is 2. The summed E-state index contributed by atoms with van der Waals surface area (Å²) in [7, 11) is 0. The highest BCUT2D eigenvalue weighted by Gasteiger charge is 2.09. The maximum atomic E-state index is 4.41. The van der Waals surface area contributed by atoms with Gasteiger partial charge in [0.15, 0.2) is 0 Å². The number of H-pyrrole nitrogens is 1. The summed E-state index contributed by atoms with van der Waals surface area (Å²) in [5, 5.41) is 2.36. The highest BCUT2D eigenvalue weighted by atomic mass is 14.7. The number of rotatable bonds is 1. The Morgan fingerprint density at radius 1 is 0.842 bits per heavy atom. The van der Waals surface area contributed by atoms with Gasteiger partial charge < -0.3 is 4.98 Å². The predicted octanol–water partition coefficient (Wildman–Crippen LogP) is 3.78. The van der Waals surface area contributed by atoms with Crippen LogP contribution in [0.25, 0.3) is 32.9 Å². The minimum Gasteiger partial charge on any atom is -0.359 e. The second kappa shape index (κ2) is 3.92. The number of benzene rings is 1. The summed E-state index contributed by atoms with van der Waals surface area (Å²) in [5.41, 5.74) is 4.46. The molecule has 0 aliphatic rings. The van der Waals surface area contributed by atoms with Crippen molar-refractivity contribution in [2.75, 3.05) is 0 Å². The lowest BCUT2D eigenvalue weighted by Crippen LogP contribution is -1.83. The average Bonchev–Trinajstić information content (AvgIpc) is 2.90. The lowest BCUT2D eigenvalue weighted by Gasteiger charge is -2.04. The molecule has 3 nitrogen and oxygen atoms in total. The molecule has 0 spiro atoms. The first kappa shape index (κ1) is 10.3. The van der Waals surface area contributed by atoms with Crippen molar-refractivity contribution in [2.24, 2.45) is 0 Å². The lowest BCUT2D eigenvalue weighted by atomic mass is 10.0. The fraction of sp³-hybridized carbons (Fsp3) is 0. The highest BCUT2D eigenvalue weighted by molar-refractivity contribution is 6.03. The largest absolute Gasteiger partial charge is 0.359 e.